The predicted octanol–water partition coefficient (Wildman–Crippen LogP) is 2.57. The van der Waals surface area contributed by atoms with Crippen molar-refractivity contribution >= 4 is 11.8 Å². The zero-order chi connectivity index (χ0) is 18.2. The first-order chi connectivity index (χ1) is 12.7. The van der Waals surface area contributed by atoms with E-state index in [0.717, 1.165) is 24.3 Å². The molecule has 0 aliphatic heterocycles. The third-order valence-corrected chi connectivity index (χ3v) is 4.01. The molecule has 1 aromatic carbocycles. The smallest absolute Gasteiger partial charge is 0.247 e. The average molecular weight is 350 g/mol. The fraction of sp³-hybridized carbons (Fsp3) is 0.263. The van der Waals surface area contributed by atoms with Crippen molar-refractivity contribution in [2.45, 2.75) is 13.0 Å². The highest BCUT2D eigenvalue weighted by atomic mass is 16.5. The fourth-order valence-electron chi connectivity index (χ4n) is 2.42. The lowest BCUT2D eigenvalue weighted by Crippen LogP contribution is -2.23. The van der Waals surface area contributed by atoms with Crippen molar-refractivity contribution in [2.24, 2.45) is 0 Å². The summed E-state index contributed by atoms with van der Waals surface area (Å²) in [7, 11) is 3.62. The molecular formula is C19H22N6O. The maximum absolute atomic E-state index is 5.17. The summed E-state index contributed by atoms with van der Waals surface area (Å²) in [6, 6.07) is 11.9. The Hall–Kier alpha value is -3.22. The lowest BCUT2D eigenvalue weighted by molar-refractivity contribution is 0.414. The zero-order valence-electron chi connectivity index (χ0n) is 15.0. The lowest BCUT2D eigenvalue weighted by atomic mass is 10.2. The van der Waals surface area contributed by atoms with E-state index >= 15 is 0 Å². The minimum Gasteiger partial charge on any atom is -0.497 e. The van der Waals surface area contributed by atoms with E-state index in [9.17, 15) is 0 Å². The molecule has 134 valence electrons. The number of aromatic nitrogens is 4. The van der Waals surface area contributed by atoms with Gasteiger partial charge in [0.1, 0.15) is 5.75 Å². The molecule has 0 spiro atoms. The number of nitrogens with one attached hydrogen (secondary N) is 1. The molecule has 2 aromatic heterocycles. The van der Waals surface area contributed by atoms with Crippen LogP contribution in [0.1, 0.15) is 11.1 Å². The second kappa shape index (κ2) is 8.75. The lowest BCUT2D eigenvalue weighted by Gasteiger charge is -2.17. The molecule has 7 nitrogen and oxygen atoms in total. The summed E-state index contributed by atoms with van der Waals surface area (Å²) in [5, 5.41) is 11.5. The first kappa shape index (κ1) is 17.6. The molecule has 1 N–H and O–H groups in total. The molecule has 0 aliphatic rings. The standard InChI is InChI=1S/C19H22N6O/c1-25(12-9-15-7-10-20-11-8-15)19-23-18(14-22-24-19)21-13-16-3-5-17(26-2)6-4-16/h3-8,10-11,14H,9,12-13H2,1-2H3,(H,21,23,24). The molecule has 0 aliphatic carbocycles. The van der Waals surface area contributed by atoms with Crippen LogP contribution in [0, 0.1) is 0 Å². The largest absolute Gasteiger partial charge is 0.497 e. The first-order valence-corrected chi connectivity index (χ1v) is 8.41. The molecule has 3 aromatic rings. The number of ether oxygens (including phenoxy) is 1. The van der Waals surface area contributed by atoms with E-state index in [1.54, 1.807) is 25.7 Å². The van der Waals surface area contributed by atoms with Gasteiger partial charge >= 0.3 is 0 Å². The summed E-state index contributed by atoms with van der Waals surface area (Å²) >= 11 is 0. The van der Waals surface area contributed by atoms with E-state index < -0.39 is 0 Å². The average Bonchev–Trinajstić information content (AvgIpc) is 2.72. The van der Waals surface area contributed by atoms with Crippen LogP contribution in [0.15, 0.2) is 55.0 Å². The van der Waals surface area contributed by atoms with E-state index in [2.05, 4.69) is 25.5 Å². The number of hydrogen-bond donors (Lipinski definition) is 1. The molecule has 0 radical (unpaired) electrons. The molecule has 0 fully saturated rings. The molecule has 0 atom stereocenters. The van der Waals surface area contributed by atoms with Gasteiger partial charge in [0, 0.05) is 32.5 Å². The van der Waals surface area contributed by atoms with E-state index in [0.29, 0.717) is 18.3 Å². The number of rotatable bonds is 8. The Bertz CT molecular complexity index is 810. The van der Waals surface area contributed by atoms with Crippen molar-refractivity contribution in [1.29, 1.82) is 0 Å². The number of likely N-dealkylation sites (N-methyl/N-ethyl adjacent to an activating group) is 1. The highest BCUT2D eigenvalue weighted by Crippen LogP contribution is 2.13. The first-order valence-electron chi connectivity index (χ1n) is 8.41. The Morgan fingerprint density at radius 2 is 1.81 bits per heavy atom. The van der Waals surface area contributed by atoms with E-state index in [1.807, 2.05) is 48.3 Å². The van der Waals surface area contributed by atoms with E-state index in [4.69, 9.17) is 4.74 Å². The molecule has 0 unspecified atom stereocenters. The number of hydrogen-bond acceptors (Lipinski definition) is 7. The number of benzene rings is 1. The highest BCUT2D eigenvalue weighted by Gasteiger charge is 2.07. The minimum absolute atomic E-state index is 0.596. The Morgan fingerprint density at radius 1 is 1.04 bits per heavy atom. The number of methoxy groups -OCH3 is 1. The SMILES string of the molecule is COc1ccc(CNc2cnnc(N(C)CCc3ccncc3)n2)cc1. The van der Waals surface area contributed by atoms with Crippen molar-refractivity contribution < 1.29 is 4.74 Å². The number of anilines is 2. The van der Waals surface area contributed by atoms with Gasteiger partial charge in [-0.1, -0.05) is 12.1 Å². The molecular weight excluding hydrogens is 328 g/mol. The molecule has 3 rings (SSSR count). The second-order valence-corrected chi connectivity index (χ2v) is 5.87. The van der Waals surface area contributed by atoms with Crippen LogP contribution in [0.2, 0.25) is 0 Å². The van der Waals surface area contributed by atoms with Crippen LogP contribution in [0.3, 0.4) is 0 Å². The predicted molar refractivity (Wildman–Crippen MR) is 101 cm³/mol. The molecule has 0 amide bonds. The summed E-state index contributed by atoms with van der Waals surface area (Å²) in [6.45, 7) is 1.45. The zero-order valence-corrected chi connectivity index (χ0v) is 15.0. The van der Waals surface area contributed by atoms with Gasteiger partial charge in [0.25, 0.3) is 0 Å². The maximum Gasteiger partial charge on any atom is 0.247 e. The van der Waals surface area contributed by atoms with Gasteiger partial charge in [-0.2, -0.15) is 10.1 Å². The summed E-state index contributed by atoms with van der Waals surface area (Å²) in [4.78, 5) is 10.6. The topological polar surface area (TPSA) is 76.1 Å². The third kappa shape index (κ3) is 4.89. The van der Waals surface area contributed by atoms with E-state index in [1.165, 1.54) is 5.56 Å². The maximum atomic E-state index is 5.17. The van der Waals surface area contributed by atoms with Gasteiger partial charge in [0.15, 0.2) is 5.82 Å². The van der Waals surface area contributed by atoms with Gasteiger partial charge in [-0.25, -0.2) is 0 Å². The van der Waals surface area contributed by atoms with Gasteiger partial charge in [0.2, 0.25) is 5.95 Å². The van der Waals surface area contributed by atoms with Crippen molar-refractivity contribution in [3.8, 4) is 5.75 Å². The Kier molecular flexibility index (Phi) is 5.92. The van der Waals surface area contributed by atoms with Crippen molar-refractivity contribution in [3.05, 3.63) is 66.1 Å². The molecule has 2 heterocycles. The molecule has 7 heteroatoms. The molecule has 0 bridgehead atoms. The summed E-state index contributed by atoms with van der Waals surface area (Å²) in [5.74, 6) is 2.14. The second-order valence-electron chi connectivity index (χ2n) is 5.87. The summed E-state index contributed by atoms with van der Waals surface area (Å²) in [6.07, 6.45) is 6.13. The normalized spacial score (nSPS) is 10.4. The van der Waals surface area contributed by atoms with Crippen LogP contribution >= 0.6 is 0 Å². The van der Waals surface area contributed by atoms with Gasteiger partial charge < -0.3 is 15.0 Å². The van der Waals surface area contributed by atoms with Crippen molar-refractivity contribution in [2.75, 3.05) is 30.9 Å². The van der Waals surface area contributed by atoms with Crippen LogP contribution in [-0.4, -0.2) is 40.9 Å². The molecule has 0 saturated heterocycles. The van der Waals surface area contributed by atoms with Crippen LogP contribution < -0.4 is 15.0 Å². The van der Waals surface area contributed by atoms with Crippen molar-refractivity contribution in [1.82, 2.24) is 20.2 Å². The Balaban J connectivity index is 1.56. The molecule has 0 saturated carbocycles. The fourth-order valence-corrected chi connectivity index (χ4v) is 2.42. The number of pyridine rings is 1. The van der Waals surface area contributed by atoms with Crippen LogP contribution in [0.4, 0.5) is 11.8 Å². The monoisotopic (exact) mass is 350 g/mol. The van der Waals surface area contributed by atoms with Gasteiger partial charge in [-0.15, -0.1) is 5.10 Å². The van der Waals surface area contributed by atoms with Crippen molar-refractivity contribution in [3.63, 3.8) is 0 Å². The quantitative estimate of drug-likeness (QED) is 0.669. The van der Waals surface area contributed by atoms with Crippen LogP contribution in [0.25, 0.3) is 0 Å². The Morgan fingerprint density at radius 3 is 2.54 bits per heavy atom. The minimum atomic E-state index is 0.596. The van der Waals surface area contributed by atoms with Gasteiger partial charge in [-0.3, -0.25) is 4.98 Å². The van der Waals surface area contributed by atoms with Gasteiger partial charge in [-0.05, 0) is 41.8 Å². The summed E-state index contributed by atoms with van der Waals surface area (Å²) < 4.78 is 5.17. The summed E-state index contributed by atoms with van der Waals surface area (Å²) in [5.41, 5.74) is 2.37. The molecule has 26 heavy (non-hydrogen) atoms. The number of nitrogens with zero attached hydrogens (tertiary/aromatic N) is 5. The van der Waals surface area contributed by atoms with Crippen LogP contribution in [-0.2, 0) is 13.0 Å². The van der Waals surface area contributed by atoms with Gasteiger partial charge in [0.05, 0.1) is 13.3 Å². The van der Waals surface area contributed by atoms with Crippen LogP contribution in [0.5, 0.6) is 5.75 Å². The van der Waals surface area contributed by atoms with E-state index in [-0.39, 0.29) is 0 Å². The Labute approximate surface area is 153 Å². The third-order valence-electron chi connectivity index (χ3n) is 4.01. The highest BCUT2D eigenvalue weighted by molar-refractivity contribution is 5.39.